The maximum Gasteiger partial charge on any atom is 0.225 e. The molecule has 3 rings (SSSR count). The quantitative estimate of drug-likeness (QED) is 0.743. The summed E-state index contributed by atoms with van der Waals surface area (Å²) in [5.41, 5.74) is 2.84. The zero-order valence-corrected chi connectivity index (χ0v) is 13.2. The number of hydrogen-bond acceptors (Lipinski definition) is 5. The van der Waals surface area contributed by atoms with E-state index in [1.807, 2.05) is 48.5 Å². The highest BCUT2D eigenvalue weighted by Crippen LogP contribution is 2.23. The van der Waals surface area contributed by atoms with E-state index in [9.17, 15) is 0 Å². The van der Waals surface area contributed by atoms with Gasteiger partial charge in [-0.1, -0.05) is 18.2 Å². The van der Waals surface area contributed by atoms with Gasteiger partial charge in [0.15, 0.2) is 0 Å². The number of benzene rings is 1. The second kappa shape index (κ2) is 6.87. The predicted molar refractivity (Wildman–Crippen MR) is 93.7 cm³/mol. The maximum atomic E-state index is 4.60. The summed E-state index contributed by atoms with van der Waals surface area (Å²) in [6.07, 6.45) is 3.52. The van der Waals surface area contributed by atoms with E-state index in [4.69, 9.17) is 0 Å². The van der Waals surface area contributed by atoms with E-state index in [-0.39, 0.29) is 6.04 Å². The molecule has 0 saturated heterocycles. The topological polar surface area (TPSA) is 62.7 Å². The first-order chi connectivity index (χ1) is 11.2. The van der Waals surface area contributed by atoms with Crippen molar-refractivity contribution in [3.05, 3.63) is 60.9 Å². The van der Waals surface area contributed by atoms with Crippen LogP contribution in [0.15, 0.2) is 60.9 Å². The van der Waals surface area contributed by atoms with Crippen LogP contribution in [-0.4, -0.2) is 21.0 Å². The molecule has 0 aliphatic carbocycles. The molecule has 2 N–H and O–H groups in total. The molecule has 0 spiro atoms. The molecular weight excluding hydrogens is 286 g/mol. The predicted octanol–water partition coefficient (Wildman–Crippen LogP) is 4.10. The van der Waals surface area contributed by atoms with Gasteiger partial charge in [0.25, 0.3) is 0 Å². The highest BCUT2D eigenvalue weighted by Gasteiger charge is 2.08. The molecule has 5 heteroatoms. The van der Waals surface area contributed by atoms with Gasteiger partial charge in [0.05, 0.1) is 5.69 Å². The molecule has 2 heterocycles. The molecule has 116 valence electrons. The third kappa shape index (κ3) is 4.03. The van der Waals surface area contributed by atoms with Crippen molar-refractivity contribution in [2.24, 2.45) is 0 Å². The summed E-state index contributed by atoms with van der Waals surface area (Å²) < 4.78 is 0. The van der Waals surface area contributed by atoms with Crippen molar-refractivity contribution in [2.45, 2.75) is 19.9 Å². The van der Waals surface area contributed by atoms with Crippen molar-refractivity contribution in [3.8, 4) is 11.3 Å². The van der Waals surface area contributed by atoms with Crippen molar-refractivity contribution in [3.63, 3.8) is 0 Å². The summed E-state index contributed by atoms with van der Waals surface area (Å²) in [4.78, 5) is 13.2. The largest absolute Gasteiger partial charge is 0.352 e. The summed E-state index contributed by atoms with van der Waals surface area (Å²) in [7, 11) is 0. The summed E-state index contributed by atoms with van der Waals surface area (Å²) >= 11 is 0. The number of rotatable bonds is 5. The third-order valence-electron chi connectivity index (χ3n) is 3.17. The van der Waals surface area contributed by atoms with Crippen LogP contribution < -0.4 is 10.6 Å². The van der Waals surface area contributed by atoms with Gasteiger partial charge in [-0.15, -0.1) is 0 Å². The molecule has 0 radical (unpaired) electrons. The van der Waals surface area contributed by atoms with Gasteiger partial charge in [-0.05, 0) is 38.1 Å². The van der Waals surface area contributed by atoms with Crippen LogP contribution in [0, 0.1) is 0 Å². The van der Waals surface area contributed by atoms with Crippen molar-refractivity contribution < 1.29 is 0 Å². The van der Waals surface area contributed by atoms with Crippen LogP contribution in [0.2, 0.25) is 0 Å². The summed E-state index contributed by atoms with van der Waals surface area (Å²) in [6, 6.07) is 16.0. The average Bonchev–Trinajstić information content (AvgIpc) is 2.56. The zero-order chi connectivity index (χ0) is 16.1. The Bertz CT molecular complexity index is 757. The normalized spacial score (nSPS) is 10.6. The number of nitrogens with one attached hydrogen (secondary N) is 2. The second-order valence-electron chi connectivity index (χ2n) is 5.49. The molecule has 23 heavy (non-hydrogen) atoms. The maximum absolute atomic E-state index is 4.60. The number of pyridine rings is 1. The highest BCUT2D eigenvalue weighted by atomic mass is 15.2. The Labute approximate surface area is 135 Å². The van der Waals surface area contributed by atoms with Crippen LogP contribution in [0.5, 0.6) is 0 Å². The smallest absolute Gasteiger partial charge is 0.225 e. The van der Waals surface area contributed by atoms with Gasteiger partial charge in [0, 0.05) is 35.8 Å². The van der Waals surface area contributed by atoms with Gasteiger partial charge in [-0.2, -0.15) is 4.98 Å². The lowest BCUT2D eigenvalue weighted by atomic mass is 10.2. The first-order valence-corrected chi connectivity index (χ1v) is 7.59. The van der Waals surface area contributed by atoms with Crippen molar-refractivity contribution in [1.29, 1.82) is 0 Å². The second-order valence-corrected chi connectivity index (χ2v) is 5.49. The van der Waals surface area contributed by atoms with E-state index in [1.165, 1.54) is 0 Å². The van der Waals surface area contributed by atoms with E-state index in [1.54, 1.807) is 12.4 Å². The first kappa shape index (κ1) is 15.0. The minimum absolute atomic E-state index is 0.257. The molecule has 0 aliphatic heterocycles. The van der Waals surface area contributed by atoms with Gasteiger partial charge < -0.3 is 10.6 Å². The van der Waals surface area contributed by atoms with Crippen LogP contribution in [0.3, 0.4) is 0 Å². The Balaban J connectivity index is 1.98. The molecule has 5 nitrogen and oxygen atoms in total. The molecule has 1 aromatic carbocycles. The van der Waals surface area contributed by atoms with E-state index >= 15 is 0 Å². The Morgan fingerprint density at radius 3 is 2.35 bits per heavy atom. The SMILES string of the molecule is CC(C)Nc1nc(Nc2ccccc2)cc(-c2ccncc2)n1. The molecule has 0 aliphatic rings. The van der Waals surface area contributed by atoms with Crippen molar-refractivity contribution in [1.82, 2.24) is 15.0 Å². The van der Waals surface area contributed by atoms with Crippen LogP contribution >= 0.6 is 0 Å². The Morgan fingerprint density at radius 1 is 0.913 bits per heavy atom. The van der Waals surface area contributed by atoms with Gasteiger partial charge in [-0.3, -0.25) is 4.98 Å². The molecule has 0 saturated carbocycles. The summed E-state index contributed by atoms with van der Waals surface area (Å²) in [5, 5.41) is 6.58. The molecule has 0 unspecified atom stereocenters. The van der Waals surface area contributed by atoms with Crippen molar-refractivity contribution in [2.75, 3.05) is 10.6 Å². The van der Waals surface area contributed by atoms with E-state index in [0.29, 0.717) is 5.95 Å². The van der Waals surface area contributed by atoms with Crippen LogP contribution in [-0.2, 0) is 0 Å². The van der Waals surface area contributed by atoms with E-state index in [2.05, 4.69) is 39.4 Å². The standard InChI is InChI=1S/C18H19N5/c1-13(2)20-18-22-16(14-8-10-19-11-9-14)12-17(23-18)21-15-6-4-3-5-7-15/h3-13H,1-2H3,(H2,20,21,22,23). The molecule has 2 aromatic heterocycles. The number of anilines is 3. The van der Waals surface area contributed by atoms with Gasteiger partial charge >= 0.3 is 0 Å². The van der Waals surface area contributed by atoms with Crippen molar-refractivity contribution >= 4 is 17.5 Å². The highest BCUT2D eigenvalue weighted by molar-refractivity contribution is 5.67. The van der Waals surface area contributed by atoms with Gasteiger partial charge in [-0.25, -0.2) is 4.98 Å². The molecule has 0 fully saturated rings. The number of hydrogen-bond donors (Lipinski definition) is 2. The lowest BCUT2D eigenvalue weighted by Crippen LogP contribution is -2.13. The molecule has 0 bridgehead atoms. The minimum Gasteiger partial charge on any atom is -0.352 e. The first-order valence-electron chi connectivity index (χ1n) is 7.59. The average molecular weight is 305 g/mol. The number of aromatic nitrogens is 3. The lowest BCUT2D eigenvalue weighted by Gasteiger charge is -2.13. The molecular formula is C18H19N5. The van der Waals surface area contributed by atoms with Gasteiger partial charge in [0.2, 0.25) is 5.95 Å². The molecule has 0 atom stereocenters. The Morgan fingerprint density at radius 2 is 1.65 bits per heavy atom. The Kier molecular flexibility index (Phi) is 4.47. The number of nitrogens with zero attached hydrogens (tertiary/aromatic N) is 3. The van der Waals surface area contributed by atoms with Crippen LogP contribution in [0.4, 0.5) is 17.5 Å². The lowest BCUT2D eigenvalue weighted by molar-refractivity contribution is 0.876. The summed E-state index contributed by atoms with van der Waals surface area (Å²) in [6.45, 7) is 4.12. The monoisotopic (exact) mass is 305 g/mol. The van der Waals surface area contributed by atoms with Crippen LogP contribution in [0.1, 0.15) is 13.8 Å². The minimum atomic E-state index is 0.257. The zero-order valence-electron chi connectivity index (χ0n) is 13.2. The van der Waals surface area contributed by atoms with E-state index in [0.717, 1.165) is 22.8 Å². The fourth-order valence-corrected chi connectivity index (χ4v) is 2.17. The van der Waals surface area contributed by atoms with Gasteiger partial charge in [0.1, 0.15) is 5.82 Å². The Hall–Kier alpha value is -2.95. The molecule has 3 aromatic rings. The third-order valence-corrected chi connectivity index (χ3v) is 3.17. The fraction of sp³-hybridized carbons (Fsp3) is 0.167. The fourth-order valence-electron chi connectivity index (χ4n) is 2.17. The van der Waals surface area contributed by atoms with E-state index < -0.39 is 0 Å². The van der Waals surface area contributed by atoms with Crippen LogP contribution in [0.25, 0.3) is 11.3 Å². The molecule has 0 amide bonds. The summed E-state index contributed by atoms with van der Waals surface area (Å²) in [5.74, 6) is 1.36. The number of para-hydroxylation sites is 1.